The van der Waals surface area contributed by atoms with Crippen LogP contribution in [0.4, 0.5) is 11.4 Å². The van der Waals surface area contributed by atoms with Crippen LogP contribution in [0.25, 0.3) is 0 Å². The number of nitrogens with two attached hydrogens (primary N) is 2. The molecule has 2 unspecified atom stereocenters. The summed E-state index contributed by atoms with van der Waals surface area (Å²) in [4.78, 5) is 9.08. The Balaban J connectivity index is 1.81. The van der Waals surface area contributed by atoms with Crippen molar-refractivity contribution in [2.24, 2.45) is 16.5 Å². The van der Waals surface area contributed by atoms with Crippen LogP contribution < -0.4 is 21.3 Å². The third kappa shape index (κ3) is 2.94. The van der Waals surface area contributed by atoms with Gasteiger partial charge >= 0.3 is 0 Å². The van der Waals surface area contributed by atoms with Gasteiger partial charge in [-0.05, 0) is 51.0 Å². The molecule has 0 fully saturated rings. The van der Waals surface area contributed by atoms with Crippen molar-refractivity contribution < 1.29 is 0 Å². The van der Waals surface area contributed by atoms with Gasteiger partial charge in [0.15, 0.2) is 0 Å². The number of anilines is 2. The average molecular weight is 380 g/mol. The summed E-state index contributed by atoms with van der Waals surface area (Å²) in [6.07, 6.45) is -0.347. The van der Waals surface area contributed by atoms with E-state index in [0.29, 0.717) is 0 Å². The summed E-state index contributed by atoms with van der Waals surface area (Å²) in [7, 11) is 0. The van der Waals surface area contributed by atoms with Crippen molar-refractivity contribution in [3.63, 3.8) is 0 Å². The first kappa shape index (κ1) is 18.1. The van der Waals surface area contributed by atoms with E-state index in [1.165, 1.54) is 16.7 Å². The Morgan fingerprint density at radius 3 is 2.15 bits per heavy atom. The topological polar surface area (TPSA) is 70.9 Å². The van der Waals surface area contributed by atoms with Gasteiger partial charge in [-0.1, -0.05) is 47.7 Å². The summed E-state index contributed by atoms with van der Waals surface area (Å²) in [5.74, 6) is 0.883. The fourth-order valence-corrected chi connectivity index (χ4v) is 4.91. The van der Waals surface area contributed by atoms with E-state index in [0.717, 1.165) is 27.9 Å². The summed E-state index contributed by atoms with van der Waals surface area (Å²) < 4.78 is 0. The number of hydrogen-bond acceptors (Lipinski definition) is 6. The minimum atomic E-state index is -0.347. The molecule has 2 aliphatic rings. The molecule has 4 N–H and O–H groups in total. The van der Waals surface area contributed by atoms with Gasteiger partial charge in [0, 0.05) is 11.4 Å². The van der Waals surface area contributed by atoms with Gasteiger partial charge in [0.1, 0.15) is 22.5 Å². The van der Waals surface area contributed by atoms with Crippen molar-refractivity contribution in [3.8, 4) is 0 Å². The van der Waals surface area contributed by atoms with Gasteiger partial charge in [0.2, 0.25) is 0 Å². The standard InChI is InChI=1S/C21H25N5S/c1-12-8-10-16(11-9-12)25-15(4)24-20-18(19(25)22)26(21(23)27-20)17-13(2)6-5-7-14(17)3/h5-11,19,21H,22-23H2,1-4H3. The molecule has 0 bridgehead atoms. The highest BCUT2D eigenvalue weighted by molar-refractivity contribution is 8.04. The van der Waals surface area contributed by atoms with Crippen LogP contribution in [0.3, 0.4) is 0 Å². The van der Waals surface area contributed by atoms with Crippen molar-refractivity contribution >= 4 is 29.0 Å². The molecule has 0 amide bonds. The molecule has 0 saturated heterocycles. The Morgan fingerprint density at radius 1 is 0.889 bits per heavy atom. The lowest BCUT2D eigenvalue weighted by Gasteiger charge is -2.39. The molecular formula is C21H25N5S. The van der Waals surface area contributed by atoms with Crippen LogP contribution in [-0.4, -0.2) is 17.5 Å². The van der Waals surface area contributed by atoms with Crippen LogP contribution in [0.15, 0.2) is 58.2 Å². The molecule has 0 aromatic heterocycles. The SMILES string of the molecule is CC1=NC2=C(C(N)N1c1ccc(C)cc1)N(c1c(C)cccc1C)C(N)S2. The van der Waals surface area contributed by atoms with Gasteiger partial charge in [-0.3, -0.25) is 0 Å². The molecule has 2 aromatic rings. The van der Waals surface area contributed by atoms with Gasteiger partial charge in [-0.25, -0.2) is 4.99 Å². The third-order valence-electron chi connectivity index (χ3n) is 5.13. The molecule has 0 saturated carbocycles. The molecule has 4 rings (SSSR count). The lowest BCUT2D eigenvalue weighted by Crippen LogP contribution is -2.53. The zero-order chi connectivity index (χ0) is 19.3. The van der Waals surface area contributed by atoms with E-state index in [2.05, 4.69) is 73.0 Å². The summed E-state index contributed by atoms with van der Waals surface area (Å²) in [5, 5.41) is 0.915. The van der Waals surface area contributed by atoms with Crippen LogP contribution >= 0.6 is 11.8 Å². The van der Waals surface area contributed by atoms with Gasteiger partial charge in [0.05, 0.1) is 5.70 Å². The van der Waals surface area contributed by atoms with E-state index >= 15 is 0 Å². The maximum atomic E-state index is 6.79. The summed E-state index contributed by atoms with van der Waals surface area (Å²) >= 11 is 1.57. The van der Waals surface area contributed by atoms with Crippen molar-refractivity contribution in [1.29, 1.82) is 0 Å². The monoisotopic (exact) mass is 379 g/mol. The Kier molecular flexibility index (Phi) is 4.50. The highest BCUT2D eigenvalue weighted by atomic mass is 32.2. The quantitative estimate of drug-likeness (QED) is 0.830. The van der Waals surface area contributed by atoms with E-state index in [9.17, 15) is 0 Å². The van der Waals surface area contributed by atoms with Crippen molar-refractivity contribution in [1.82, 2.24) is 0 Å². The first-order valence-corrected chi connectivity index (χ1v) is 9.95. The molecule has 140 valence electrons. The van der Waals surface area contributed by atoms with Crippen LogP contribution in [-0.2, 0) is 0 Å². The molecule has 27 heavy (non-hydrogen) atoms. The minimum Gasteiger partial charge on any atom is -0.314 e. The normalized spacial score (nSPS) is 22.2. The summed E-state index contributed by atoms with van der Waals surface area (Å²) in [6.45, 7) is 8.30. The second-order valence-corrected chi connectivity index (χ2v) is 8.22. The van der Waals surface area contributed by atoms with Crippen molar-refractivity contribution in [3.05, 3.63) is 69.9 Å². The number of nitrogens with zero attached hydrogens (tertiary/aromatic N) is 3. The van der Waals surface area contributed by atoms with Crippen LogP contribution in [0.2, 0.25) is 0 Å². The molecule has 6 heteroatoms. The van der Waals surface area contributed by atoms with Gasteiger partial charge in [-0.15, -0.1) is 0 Å². The van der Waals surface area contributed by atoms with Gasteiger partial charge in [-0.2, -0.15) is 0 Å². The molecular weight excluding hydrogens is 354 g/mol. The molecule has 2 heterocycles. The predicted molar refractivity (Wildman–Crippen MR) is 116 cm³/mol. The predicted octanol–water partition coefficient (Wildman–Crippen LogP) is 3.80. The lowest BCUT2D eigenvalue weighted by molar-refractivity contribution is 0.714. The van der Waals surface area contributed by atoms with Crippen LogP contribution in [0, 0.1) is 20.8 Å². The zero-order valence-corrected chi connectivity index (χ0v) is 16.9. The van der Waals surface area contributed by atoms with Crippen molar-refractivity contribution in [2.75, 3.05) is 9.80 Å². The highest BCUT2D eigenvalue weighted by Crippen LogP contribution is 2.45. The summed E-state index contributed by atoms with van der Waals surface area (Å²) in [5.41, 5.74) is 19.8. The smallest absolute Gasteiger partial charge is 0.136 e. The summed E-state index contributed by atoms with van der Waals surface area (Å²) in [6, 6.07) is 14.7. The van der Waals surface area contributed by atoms with Gasteiger partial charge in [0.25, 0.3) is 0 Å². The van der Waals surface area contributed by atoms with E-state index < -0.39 is 0 Å². The number of amidine groups is 1. The number of para-hydroxylation sites is 1. The second-order valence-electron chi connectivity index (χ2n) is 7.12. The maximum absolute atomic E-state index is 6.79. The molecule has 5 nitrogen and oxygen atoms in total. The zero-order valence-electron chi connectivity index (χ0n) is 16.1. The van der Waals surface area contributed by atoms with E-state index in [1.54, 1.807) is 11.8 Å². The van der Waals surface area contributed by atoms with Crippen molar-refractivity contribution in [2.45, 2.75) is 39.4 Å². The first-order chi connectivity index (χ1) is 12.9. The number of hydrogen-bond donors (Lipinski definition) is 2. The molecule has 2 aliphatic heterocycles. The van der Waals surface area contributed by atoms with Gasteiger partial charge < -0.3 is 21.3 Å². The fourth-order valence-electron chi connectivity index (χ4n) is 3.83. The molecule has 2 aromatic carbocycles. The number of aliphatic imine (C=N–C) groups is 1. The molecule has 0 spiro atoms. The third-order valence-corrected chi connectivity index (χ3v) is 6.10. The van der Waals surface area contributed by atoms with Crippen LogP contribution in [0.5, 0.6) is 0 Å². The van der Waals surface area contributed by atoms with E-state index in [4.69, 9.17) is 16.5 Å². The highest BCUT2D eigenvalue weighted by Gasteiger charge is 2.41. The average Bonchev–Trinajstić information content (AvgIpc) is 2.92. The van der Waals surface area contributed by atoms with Crippen LogP contribution in [0.1, 0.15) is 23.6 Å². The number of benzene rings is 2. The largest absolute Gasteiger partial charge is 0.314 e. The van der Waals surface area contributed by atoms with E-state index in [1.807, 2.05) is 6.92 Å². The molecule has 0 aliphatic carbocycles. The fraction of sp³-hybridized carbons (Fsp3) is 0.286. The number of rotatable bonds is 2. The Labute approximate surface area is 164 Å². The second kappa shape index (κ2) is 6.71. The number of thioether (sulfide) groups is 1. The first-order valence-electron chi connectivity index (χ1n) is 9.07. The minimum absolute atomic E-state index is 0.240. The lowest BCUT2D eigenvalue weighted by atomic mass is 10.1. The molecule has 0 radical (unpaired) electrons. The Morgan fingerprint density at radius 2 is 1.52 bits per heavy atom. The maximum Gasteiger partial charge on any atom is 0.136 e. The Bertz CT molecular complexity index is 927. The molecule has 2 atom stereocenters. The number of aryl methyl sites for hydroxylation is 3. The Hall–Kier alpha value is -2.28. The van der Waals surface area contributed by atoms with E-state index in [-0.39, 0.29) is 11.7 Å².